The summed E-state index contributed by atoms with van der Waals surface area (Å²) in [6.45, 7) is 2.65. The summed E-state index contributed by atoms with van der Waals surface area (Å²) >= 11 is 0. The van der Waals surface area contributed by atoms with Gasteiger partial charge in [0.15, 0.2) is 24.0 Å². The summed E-state index contributed by atoms with van der Waals surface area (Å²) in [5, 5.41) is 40.3. The van der Waals surface area contributed by atoms with Crippen molar-refractivity contribution in [1.82, 2.24) is 15.1 Å². The van der Waals surface area contributed by atoms with Crippen LogP contribution in [0.25, 0.3) is 38.4 Å². The van der Waals surface area contributed by atoms with Crippen molar-refractivity contribution in [2.24, 2.45) is 10.7 Å². The van der Waals surface area contributed by atoms with E-state index in [1.54, 1.807) is 6.08 Å². The number of nitrogens with two attached hydrogens (primary N) is 1. The van der Waals surface area contributed by atoms with Crippen LogP contribution in [-0.2, 0) is 23.9 Å². The number of hydrogen-bond acceptors (Lipinski definition) is 11. The SMILES string of the molecule is CC(=O)N1C2N([C@@H]3O[C@H](CO)C(O)C3O)C(C=Cc3ccc4ccc5cccc6ccc3c4c56)=NC2(C(C)=O)C(=O)NC1(N)C(C)=O. The molecule has 0 saturated carbocycles. The maximum absolute atomic E-state index is 13.9. The van der Waals surface area contributed by atoms with Crippen molar-refractivity contribution in [2.75, 3.05) is 6.61 Å². The van der Waals surface area contributed by atoms with Gasteiger partial charge in [-0.15, -0.1) is 0 Å². The summed E-state index contributed by atoms with van der Waals surface area (Å²) in [5.74, 6) is -5.86. The third kappa shape index (κ3) is 4.17. The van der Waals surface area contributed by atoms with E-state index in [9.17, 15) is 34.5 Å². The first kappa shape index (κ1) is 30.8. The summed E-state index contributed by atoms with van der Waals surface area (Å²) in [5.41, 5.74) is 4.82. The number of ether oxygens (including phenoxy) is 1. The third-order valence-corrected chi connectivity index (χ3v) is 9.65. The minimum Gasteiger partial charge on any atom is -0.394 e. The van der Waals surface area contributed by atoms with Gasteiger partial charge in [-0.05, 0) is 50.9 Å². The van der Waals surface area contributed by atoms with Crippen LogP contribution >= 0.6 is 0 Å². The Kier molecular flexibility index (Phi) is 6.97. The lowest BCUT2D eigenvalue weighted by Crippen LogP contribution is -2.86. The van der Waals surface area contributed by atoms with E-state index >= 15 is 0 Å². The van der Waals surface area contributed by atoms with Crippen LogP contribution in [0.5, 0.6) is 0 Å². The first-order valence-corrected chi connectivity index (χ1v) is 15.1. The molecular weight excluding hydrogens is 606 g/mol. The van der Waals surface area contributed by atoms with E-state index in [1.165, 1.54) is 11.0 Å². The molecule has 0 bridgehead atoms. The van der Waals surface area contributed by atoms with Crippen LogP contribution in [0.3, 0.4) is 0 Å². The Morgan fingerprint density at radius 3 is 2.17 bits per heavy atom. The number of aliphatic hydroxyl groups is 3. The Morgan fingerprint density at radius 2 is 1.57 bits per heavy atom. The highest BCUT2D eigenvalue weighted by Gasteiger charge is 2.70. The van der Waals surface area contributed by atoms with Crippen molar-refractivity contribution in [3.8, 4) is 0 Å². The number of carbonyl (C=O) groups is 4. The van der Waals surface area contributed by atoms with E-state index < -0.39 is 72.0 Å². The highest BCUT2D eigenvalue weighted by Crippen LogP contribution is 2.43. The summed E-state index contributed by atoms with van der Waals surface area (Å²) in [7, 11) is 0. The fourth-order valence-corrected chi connectivity index (χ4v) is 7.29. The van der Waals surface area contributed by atoms with E-state index in [0.717, 1.165) is 63.6 Å². The standard InChI is InChI=1S/C34H33N5O8/c1-16(41)33-31(46)37-34(35,17(2)42)39(18(3)43)32(33)38(30-29(45)28(44)24(15-40)47-30)25(36-33)14-12-19-7-8-22-10-9-20-5-4-6-21-11-13-23(19)27(22)26(20)21/h4-14,24,28-30,32,40,44-45H,15,35H2,1-3H3,(H,37,46)/t24-,28?,29?,30-,32?,33?,34?/m1/s1. The van der Waals surface area contributed by atoms with Gasteiger partial charge in [0.2, 0.25) is 17.2 Å². The van der Waals surface area contributed by atoms with Crippen LogP contribution in [0.4, 0.5) is 0 Å². The van der Waals surface area contributed by atoms with Gasteiger partial charge < -0.3 is 30.3 Å². The molecule has 0 aliphatic carbocycles. The van der Waals surface area contributed by atoms with E-state index in [-0.39, 0.29) is 5.84 Å². The average Bonchev–Trinajstić information content (AvgIpc) is 3.52. The molecule has 3 aliphatic rings. The quantitative estimate of drug-likeness (QED) is 0.147. The first-order chi connectivity index (χ1) is 22.3. The highest BCUT2D eigenvalue weighted by atomic mass is 16.6. The normalized spacial score (nSPS) is 30.8. The molecule has 4 aromatic rings. The number of hydrogen-bond donors (Lipinski definition) is 5. The van der Waals surface area contributed by atoms with Crippen LogP contribution in [-0.4, -0.2) is 103 Å². The number of nitrogens with zero attached hydrogens (tertiary/aromatic N) is 3. The Morgan fingerprint density at radius 1 is 0.936 bits per heavy atom. The van der Waals surface area contributed by atoms with Crippen LogP contribution in [0.1, 0.15) is 26.3 Å². The van der Waals surface area contributed by atoms with E-state index in [4.69, 9.17) is 10.5 Å². The molecule has 0 radical (unpaired) electrons. The van der Waals surface area contributed by atoms with Gasteiger partial charge in [0, 0.05) is 13.8 Å². The number of amidine groups is 1. The molecule has 3 aliphatic heterocycles. The van der Waals surface area contributed by atoms with Crippen molar-refractivity contribution >= 4 is 67.6 Å². The number of nitrogens with one attached hydrogen (secondary N) is 1. The fraction of sp³-hybridized carbons (Fsp3) is 0.324. The number of amides is 2. The molecule has 2 saturated heterocycles. The number of fused-ring (bicyclic) bond motifs is 1. The summed E-state index contributed by atoms with van der Waals surface area (Å²) < 4.78 is 5.87. The van der Waals surface area contributed by atoms with Gasteiger partial charge in [0.1, 0.15) is 24.1 Å². The highest BCUT2D eigenvalue weighted by molar-refractivity contribution is 6.24. The maximum Gasteiger partial charge on any atom is 0.263 e. The molecule has 0 aromatic heterocycles. The van der Waals surface area contributed by atoms with Crippen molar-refractivity contribution in [2.45, 2.75) is 62.8 Å². The van der Waals surface area contributed by atoms with Gasteiger partial charge in [0.05, 0.1) is 6.61 Å². The summed E-state index contributed by atoms with van der Waals surface area (Å²) in [4.78, 5) is 60.2. The lowest BCUT2D eigenvalue weighted by Gasteiger charge is -2.53. The zero-order chi connectivity index (χ0) is 33.6. The summed E-state index contributed by atoms with van der Waals surface area (Å²) in [6, 6.07) is 18.1. The minimum absolute atomic E-state index is 0.0695. The number of aliphatic hydroxyl groups excluding tert-OH is 3. The number of aliphatic imine (C=N–C) groups is 1. The molecule has 2 fully saturated rings. The maximum atomic E-state index is 13.9. The topological polar surface area (TPSA) is 195 Å². The number of rotatable bonds is 6. The first-order valence-electron chi connectivity index (χ1n) is 15.1. The van der Waals surface area contributed by atoms with Gasteiger partial charge >= 0.3 is 0 Å². The Balaban J connectivity index is 1.44. The number of carbonyl (C=O) groups excluding carboxylic acids is 4. The smallest absolute Gasteiger partial charge is 0.263 e. The molecule has 7 rings (SSSR count). The number of Topliss-reactive ketones (excluding diaryl/α,β-unsaturated/α-hetero) is 2. The van der Waals surface area contributed by atoms with Crippen molar-refractivity contribution in [1.29, 1.82) is 0 Å². The predicted octanol–water partition coefficient (Wildman–Crippen LogP) is 0.584. The molecule has 2 amide bonds. The number of benzene rings is 4. The van der Waals surface area contributed by atoms with Crippen molar-refractivity contribution in [3.05, 3.63) is 66.2 Å². The second kappa shape index (κ2) is 10.6. The third-order valence-electron chi connectivity index (χ3n) is 9.65. The zero-order valence-corrected chi connectivity index (χ0v) is 25.7. The van der Waals surface area contributed by atoms with Gasteiger partial charge in [-0.25, -0.2) is 4.99 Å². The monoisotopic (exact) mass is 639 g/mol. The molecule has 3 heterocycles. The van der Waals surface area contributed by atoms with Gasteiger partial charge in [-0.3, -0.25) is 29.8 Å². The minimum atomic E-state index is -2.38. The average molecular weight is 640 g/mol. The van der Waals surface area contributed by atoms with E-state index in [1.807, 2.05) is 48.5 Å². The predicted molar refractivity (Wildman–Crippen MR) is 172 cm³/mol. The fourth-order valence-electron chi connectivity index (χ4n) is 7.29. The lowest BCUT2D eigenvalue weighted by atomic mass is 9.85. The molecule has 7 atom stereocenters. The van der Waals surface area contributed by atoms with Crippen molar-refractivity contribution in [3.63, 3.8) is 0 Å². The molecule has 242 valence electrons. The summed E-state index contributed by atoms with van der Waals surface area (Å²) in [6.07, 6.45) is -4.48. The van der Waals surface area contributed by atoms with Crippen LogP contribution < -0.4 is 11.1 Å². The number of ketones is 2. The van der Waals surface area contributed by atoms with E-state index in [2.05, 4.69) is 16.4 Å². The van der Waals surface area contributed by atoms with Crippen LogP contribution in [0, 0.1) is 0 Å². The molecule has 13 heteroatoms. The van der Waals surface area contributed by atoms with E-state index in [0.29, 0.717) is 0 Å². The second-order valence-corrected chi connectivity index (χ2v) is 12.3. The Bertz CT molecular complexity index is 2050. The molecule has 47 heavy (non-hydrogen) atoms. The zero-order valence-electron chi connectivity index (χ0n) is 25.7. The van der Waals surface area contributed by atoms with Gasteiger partial charge in [-0.2, -0.15) is 0 Å². The van der Waals surface area contributed by atoms with Crippen LogP contribution in [0.15, 0.2) is 65.7 Å². The second-order valence-electron chi connectivity index (χ2n) is 12.3. The van der Waals surface area contributed by atoms with Gasteiger partial charge in [0.25, 0.3) is 5.91 Å². The Hall–Kier alpha value is -4.79. The molecule has 5 unspecified atom stereocenters. The lowest BCUT2D eigenvalue weighted by molar-refractivity contribution is -0.184. The Labute approximate surface area is 268 Å². The van der Waals surface area contributed by atoms with Crippen LogP contribution in [0.2, 0.25) is 0 Å². The van der Waals surface area contributed by atoms with Gasteiger partial charge in [-0.1, -0.05) is 60.7 Å². The molecule has 13 nitrogen and oxygen atoms in total. The van der Waals surface area contributed by atoms with Crippen molar-refractivity contribution < 1.29 is 39.2 Å². The molecular formula is C34H33N5O8. The molecule has 4 aromatic carbocycles. The molecule has 0 spiro atoms. The molecule has 6 N–H and O–H groups in total. The largest absolute Gasteiger partial charge is 0.394 e.